The summed E-state index contributed by atoms with van der Waals surface area (Å²) in [5.41, 5.74) is 3.25. The van der Waals surface area contributed by atoms with E-state index in [1.807, 2.05) is 30.3 Å². The Morgan fingerprint density at radius 1 is 1.02 bits per heavy atom. The van der Waals surface area contributed by atoms with Crippen LogP contribution >= 0.6 is 0 Å². The van der Waals surface area contributed by atoms with Crippen molar-refractivity contribution in [3.05, 3.63) is 101 Å². The lowest BCUT2D eigenvalue weighted by Gasteiger charge is -2.35. The molecule has 0 fully saturated rings. The predicted octanol–water partition coefficient (Wildman–Crippen LogP) is 8.55. The summed E-state index contributed by atoms with van der Waals surface area (Å²) in [5.74, 6) is -1.50. The van der Waals surface area contributed by atoms with Crippen LogP contribution < -0.4 is 4.74 Å². The van der Waals surface area contributed by atoms with Gasteiger partial charge in [-0.1, -0.05) is 38.1 Å². The van der Waals surface area contributed by atoms with Crippen molar-refractivity contribution in [1.82, 2.24) is 19.9 Å². The number of carbonyl (C=O) groups is 2. The van der Waals surface area contributed by atoms with Crippen molar-refractivity contribution < 1.29 is 28.2 Å². The van der Waals surface area contributed by atoms with Gasteiger partial charge in [0, 0.05) is 72.5 Å². The first-order chi connectivity index (χ1) is 23.3. The zero-order valence-electron chi connectivity index (χ0n) is 28.3. The van der Waals surface area contributed by atoms with Crippen LogP contribution in [0.2, 0.25) is 0 Å². The van der Waals surface area contributed by atoms with Crippen molar-refractivity contribution in [2.24, 2.45) is 5.41 Å². The van der Waals surface area contributed by atoms with Crippen molar-refractivity contribution in [1.29, 1.82) is 0 Å². The average molecular weight is 669 g/mol. The van der Waals surface area contributed by atoms with Crippen LogP contribution in [-0.4, -0.2) is 50.4 Å². The maximum absolute atomic E-state index is 15.6. The molecule has 3 heterocycles. The maximum Gasteiger partial charge on any atom is 0.303 e. The van der Waals surface area contributed by atoms with Gasteiger partial charge in [-0.25, -0.2) is 13.8 Å². The van der Waals surface area contributed by atoms with Gasteiger partial charge in [-0.3, -0.25) is 9.59 Å². The third-order valence-corrected chi connectivity index (χ3v) is 10.1. The molecule has 1 aliphatic heterocycles. The van der Waals surface area contributed by atoms with E-state index in [1.54, 1.807) is 24.3 Å². The Bertz CT molecular complexity index is 2020. The minimum atomic E-state index is -0.857. The first-order valence-electron chi connectivity index (χ1n) is 16.7. The number of ether oxygens (including phenoxy) is 1. The number of aryl methyl sites for hydroxylation is 2. The van der Waals surface area contributed by atoms with E-state index in [-0.39, 0.29) is 47.6 Å². The number of imidazole rings is 1. The Labute approximate surface area is 284 Å². The minimum Gasteiger partial charge on any atom is -0.481 e. The number of nitrogens with zero attached hydrogens (tertiary/aromatic N) is 2. The van der Waals surface area contributed by atoms with Crippen LogP contribution in [0.15, 0.2) is 67.0 Å². The normalized spacial score (nSPS) is 18.7. The molecular formula is C39H42F2N4O4. The molecule has 8 nitrogen and oxygen atoms in total. The zero-order valence-corrected chi connectivity index (χ0v) is 28.3. The van der Waals surface area contributed by atoms with Crippen LogP contribution in [0.25, 0.3) is 22.3 Å². The Kier molecular flexibility index (Phi) is 9.33. The van der Waals surface area contributed by atoms with Gasteiger partial charge in [-0.05, 0) is 79.8 Å². The van der Waals surface area contributed by atoms with Gasteiger partial charge in [0.25, 0.3) is 0 Å². The molecule has 0 saturated heterocycles. The lowest BCUT2D eigenvalue weighted by molar-refractivity contribution is -0.137. The summed E-state index contributed by atoms with van der Waals surface area (Å²) in [6.07, 6.45) is 6.55. The molecule has 1 unspecified atom stereocenters. The molecule has 5 aromatic rings. The van der Waals surface area contributed by atoms with Crippen LogP contribution in [0.4, 0.5) is 8.78 Å². The topological polar surface area (TPSA) is 111 Å². The highest BCUT2D eigenvalue weighted by molar-refractivity contribution is 5.86. The van der Waals surface area contributed by atoms with E-state index < -0.39 is 23.0 Å². The van der Waals surface area contributed by atoms with Crippen LogP contribution in [0.3, 0.4) is 0 Å². The Balaban J connectivity index is 1.46. The van der Waals surface area contributed by atoms with Crippen LogP contribution in [-0.2, 0) is 27.8 Å². The molecule has 10 heteroatoms. The highest BCUT2D eigenvalue weighted by atomic mass is 19.1. The highest BCUT2D eigenvalue weighted by Gasteiger charge is 2.34. The molecule has 0 spiro atoms. The number of carboxylic acids is 1. The molecule has 4 bridgehead atoms. The van der Waals surface area contributed by atoms with E-state index in [9.17, 15) is 14.7 Å². The van der Waals surface area contributed by atoms with Gasteiger partial charge in [0.05, 0.1) is 5.56 Å². The van der Waals surface area contributed by atoms with Gasteiger partial charge in [0.1, 0.15) is 17.4 Å². The quantitative estimate of drug-likeness (QED) is 0.178. The summed E-state index contributed by atoms with van der Waals surface area (Å²) in [5, 5.41) is 10.0. The molecule has 6 rings (SSSR count). The number of carboxylic acid groups (broad SMARTS) is 1. The van der Waals surface area contributed by atoms with E-state index in [0.717, 1.165) is 35.0 Å². The summed E-state index contributed by atoms with van der Waals surface area (Å²) in [4.78, 5) is 37.5. The summed E-state index contributed by atoms with van der Waals surface area (Å²) in [6.45, 7) is 7.05. The number of carbonyl (C=O) groups excluding carboxylic acids is 1. The Morgan fingerprint density at radius 3 is 2.63 bits per heavy atom. The zero-order chi connectivity index (χ0) is 34.9. The number of aromatic nitrogens is 3. The fraction of sp³-hybridized carbons (Fsp3) is 0.359. The standard InChI is InChI=1S/C39H42F2N4O4/c1-38(2)15-16-39(3,25-7-5-6-24(20-25)8-13-35(47)48)33-23-43-37(44-33)29-21-26(9-11-30(29)40)49-36-28(10-12-34(46)45(4)19-17-38)27-14-18-42-32(27)22-31(36)41/h5-7,9,11,14,18,20-23,42H,8,10,12-13,15-17,19H2,1-4H3,(H,43,44)(H,47,48). The number of nitrogens with one attached hydrogen (secondary N) is 2. The molecule has 1 atom stereocenters. The van der Waals surface area contributed by atoms with E-state index in [2.05, 4.69) is 35.7 Å². The van der Waals surface area contributed by atoms with Crippen molar-refractivity contribution >= 4 is 22.8 Å². The molecule has 0 saturated carbocycles. The lowest BCUT2D eigenvalue weighted by Crippen LogP contribution is -2.32. The second-order valence-corrected chi connectivity index (χ2v) is 14.1. The highest BCUT2D eigenvalue weighted by Crippen LogP contribution is 2.42. The average Bonchev–Trinajstić information content (AvgIpc) is 3.76. The van der Waals surface area contributed by atoms with Crippen molar-refractivity contribution in [3.63, 3.8) is 0 Å². The predicted molar refractivity (Wildman–Crippen MR) is 185 cm³/mol. The van der Waals surface area contributed by atoms with Gasteiger partial charge in [-0.15, -0.1) is 0 Å². The number of benzene rings is 3. The SMILES string of the molecule is CN1CCC(C)(C)CCC(C)(c2cccc(CCC(=O)O)c2)c2cnc([nH]2)-c2cc(ccc2F)Oc2c(F)cc3[nH]ccc3c2CCC1=O. The number of rotatable bonds is 4. The van der Waals surface area contributed by atoms with Gasteiger partial charge < -0.3 is 24.7 Å². The molecule has 1 aliphatic rings. The first kappa shape index (κ1) is 33.9. The van der Waals surface area contributed by atoms with Crippen molar-refractivity contribution in [2.45, 2.75) is 71.1 Å². The summed E-state index contributed by atoms with van der Waals surface area (Å²) >= 11 is 0. The molecule has 3 aromatic carbocycles. The van der Waals surface area contributed by atoms with Crippen molar-refractivity contribution in [2.75, 3.05) is 13.6 Å². The van der Waals surface area contributed by atoms with E-state index in [4.69, 9.17) is 4.74 Å². The van der Waals surface area contributed by atoms with Gasteiger partial charge in [-0.2, -0.15) is 0 Å². The maximum atomic E-state index is 15.6. The molecule has 256 valence electrons. The van der Waals surface area contributed by atoms with Crippen LogP contribution in [0.1, 0.15) is 75.3 Å². The first-order valence-corrected chi connectivity index (χ1v) is 16.7. The molecule has 3 N–H and O–H groups in total. The monoisotopic (exact) mass is 668 g/mol. The van der Waals surface area contributed by atoms with E-state index in [0.29, 0.717) is 36.3 Å². The molecule has 1 amide bonds. The summed E-state index contributed by atoms with van der Waals surface area (Å²) in [7, 11) is 1.80. The Morgan fingerprint density at radius 2 is 1.84 bits per heavy atom. The van der Waals surface area contributed by atoms with Gasteiger partial charge in [0.15, 0.2) is 11.6 Å². The number of hydrogen-bond donors (Lipinski definition) is 3. The minimum absolute atomic E-state index is 0.00495. The fourth-order valence-electron chi connectivity index (χ4n) is 6.67. The number of fused-ring (bicyclic) bond motifs is 8. The lowest BCUT2D eigenvalue weighted by atomic mass is 9.71. The summed E-state index contributed by atoms with van der Waals surface area (Å²) in [6, 6.07) is 15.4. The number of halogens is 2. The van der Waals surface area contributed by atoms with Crippen molar-refractivity contribution in [3.8, 4) is 22.9 Å². The second kappa shape index (κ2) is 13.5. The van der Waals surface area contributed by atoms with Crippen LogP contribution in [0, 0.1) is 17.0 Å². The second-order valence-electron chi connectivity index (χ2n) is 14.1. The molecular weight excluding hydrogens is 626 g/mol. The Hall–Kier alpha value is -4.99. The number of aromatic amines is 2. The molecule has 2 aromatic heterocycles. The number of H-pyrrole nitrogens is 2. The number of hydrogen-bond acceptors (Lipinski definition) is 4. The van der Waals surface area contributed by atoms with E-state index >= 15 is 8.78 Å². The fourth-order valence-corrected chi connectivity index (χ4v) is 6.67. The van der Waals surface area contributed by atoms with Crippen LogP contribution in [0.5, 0.6) is 11.5 Å². The van der Waals surface area contributed by atoms with Gasteiger partial charge in [0.2, 0.25) is 5.91 Å². The molecule has 0 aliphatic carbocycles. The third-order valence-electron chi connectivity index (χ3n) is 10.1. The summed E-state index contributed by atoms with van der Waals surface area (Å²) < 4.78 is 37.3. The smallest absolute Gasteiger partial charge is 0.303 e. The molecule has 49 heavy (non-hydrogen) atoms. The largest absolute Gasteiger partial charge is 0.481 e. The van der Waals surface area contributed by atoms with E-state index in [1.165, 1.54) is 24.3 Å². The molecule has 0 radical (unpaired) electrons. The third kappa shape index (κ3) is 7.23. The number of amides is 1. The number of aliphatic carboxylic acids is 1. The van der Waals surface area contributed by atoms with Gasteiger partial charge >= 0.3 is 5.97 Å².